The number of fused-ring (bicyclic) bond motifs is 1. The first-order valence-corrected chi connectivity index (χ1v) is 12.6. The van der Waals surface area contributed by atoms with Gasteiger partial charge in [-0.25, -0.2) is 18.4 Å². The van der Waals surface area contributed by atoms with Crippen LogP contribution in [0.3, 0.4) is 0 Å². The first kappa shape index (κ1) is 23.2. The summed E-state index contributed by atoms with van der Waals surface area (Å²) in [7, 11) is -3.96. The van der Waals surface area contributed by atoms with E-state index in [1.165, 1.54) is 30.7 Å². The molecule has 0 saturated carbocycles. The Bertz CT molecular complexity index is 1490. The SMILES string of the molecule is Nc1cc(Cl)ccc1S(=O)(=O)Nc1cncc(-c2ccc3ncnc(OC4CCOCC4)c3n2)c1. The molecule has 5 rings (SSSR count). The summed E-state index contributed by atoms with van der Waals surface area (Å²) in [5.74, 6) is 0.395. The van der Waals surface area contributed by atoms with E-state index >= 15 is 0 Å². The lowest BCUT2D eigenvalue weighted by Crippen LogP contribution is -2.26. The van der Waals surface area contributed by atoms with Crippen molar-refractivity contribution in [2.75, 3.05) is 23.7 Å². The molecule has 4 aromatic rings. The van der Waals surface area contributed by atoms with E-state index in [1.807, 2.05) is 0 Å². The minimum atomic E-state index is -3.96. The summed E-state index contributed by atoms with van der Waals surface area (Å²) in [5.41, 5.74) is 8.45. The highest BCUT2D eigenvalue weighted by Gasteiger charge is 2.20. The normalized spacial score (nSPS) is 14.7. The molecule has 1 fully saturated rings. The predicted molar refractivity (Wildman–Crippen MR) is 132 cm³/mol. The van der Waals surface area contributed by atoms with Gasteiger partial charge in [0.1, 0.15) is 17.3 Å². The summed E-state index contributed by atoms with van der Waals surface area (Å²) in [6.07, 6.45) is 5.97. The molecular weight excluding hydrogens is 492 g/mol. The van der Waals surface area contributed by atoms with Crippen molar-refractivity contribution in [2.45, 2.75) is 23.8 Å². The summed E-state index contributed by atoms with van der Waals surface area (Å²) in [6.45, 7) is 1.28. The van der Waals surface area contributed by atoms with E-state index in [0.29, 0.717) is 46.4 Å². The summed E-state index contributed by atoms with van der Waals surface area (Å²) in [5, 5.41) is 0.344. The van der Waals surface area contributed by atoms with Crippen LogP contribution in [-0.4, -0.2) is 47.7 Å². The van der Waals surface area contributed by atoms with Crippen LogP contribution in [-0.2, 0) is 14.8 Å². The Morgan fingerprint density at radius 2 is 1.91 bits per heavy atom. The number of rotatable bonds is 6. The van der Waals surface area contributed by atoms with E-state index in [0.717, 1.165) is 12.8 Å². The number of sulfonamides is 1. The number of halogens is 1. The van der Waals surface area contributed by atoms with E-state index in [2.05, 4.69) is 19.7 Å². The van der Waals surface area contributed by atoms with E-state index < -0.39 is 10.0 Å². The number of pyridine rings is 2. The van der Waals surface area contributed by atoms with Gasteiger partial charge in [-0.2, -0.15) is 4.98 Å². The van der Waals surface area contributed by atoms with Crippen molar-refractivity contribution in [3.05, 3.63) is 60.1 Å². The van der Waals surface area contributed by atoms with E-state index in [1.54, 1.807) is 24.4 Å². The van der Waals surface area contributed by atoms with E-state index in [9.17, 15) is 8.42 Å². The molecule has 12 heteroatoms. The van der Waals surface area contributed by atoms with Crippen molar-refractivity contribution in [3.63, 3.8) is 0 Å². The maximum absolute atomic E-state index is 12.9. The fourth-order valence-electron chi connectivity index (χ4n) is 3.73. The zero-order valence-electron chi connectivity index (χ0n) is 18.4. The number of nitrogen functional groups attached to an aromatic ring is 1. The molecule has 0 spiro atoms. The highest BCUT2D eigenvalue weighted by molar-refractivity contribution is 7.92. The molecule has 1 aromatic carbocycles. The minimum Gasteiger partial charge on any atom is -0.473 e. The van der Waals surface area contributed by atoms with Gasteiger partial charge in [-0.05, 0) is 36.4 Å². The number of hydrogen-bond donors (Lipinski definition) is 2. The number of aromatic nitrogens is 4. The van der Waals surface area contributed by atoms with Crippen LogP contribution < -0.4 is 15.2 Å². The van der Waals surface area contributed by atoms with Gasteiger partial charge >= 0.3 is 0 Å². The Kier molecular flexibility index (Phi) is 6.37. The second-order valence-corrected chi connectivity index (χ2v) is 10.0. The van der Waals surface area contributed by atoms with Crippen LogP contribution in [0.4, 0.5) is 11.4 Å². The average molecular weight is 513 g/mol. The number of nitrogens with one attached hydrogen (secondary N) is 1. The minimum absolute atomic E-state index is 0.00740. The molecule has 1 aliphatic heterocycles. The van der Waals surface area contributed by atoms with Gasteiger partial charge in [0.05, 0.1) is 42.0 Å². The van der Waals surface area contributed by atoms with Crippen molar-refractivity contribution in [1.29, 1.82) is 0 Å². The van der Waals surface area contributed by atoms with Crippen LogP contribution in [0.2, 0.25) is 5.02 Å². The summed E-state index contributed by atoms with van der Waals surface area (Å²) in [6, 6.07) is 9.41. The van der Waals surface area contributed by atoms with Crippen molar-refractivity contribution in [1.82, 2.24) is 19.9 Å². The molecule has 0 amide bonds. The van der Waals surface area contributed by atoms with Crippen molar-refractivity contribution in [3.8, 4) is 17.1 Å². The lowest BCUT2D eigenvalue weighted by atomic mass is 10.1. The molecule has 3 aromatic heterocycles. The third-order valence-corrected chi connectivity index (χ3v) is 7.13. The van der Waals surface area contributed by atoms with Crippen LogP contribution >= 0.6 is 11.6 Å². The smallest absolute Gasteiger partial charge is 0.263 e. The molecule has 0 aliphatic carbocycles. The van der Waals surface area contributed by atoms with Crippen LogP contribution in [0.15, 0.2) is 60.0 Å². The summed E-state index contributed by atoms with van der Waals surface area (Å²) < 4.78 is 39.7. The maximum atomic E-state index is 12.9. The molecule has 4 heterocycles. The number of nitrogens with two attached hydrogens (primary N) is 1. The molecule has 0 atom stereocenters. The number of benzene rings is 1. The van der Waals surface area contributed by atoms with Crippen LogP contribution in [0.1, 0.15) is 12.8 Å². The Balaban J connectivity index is 1.45. The summed E-state index contributed by atoms with van der Waals surface area (Å²) in [4.78, 5) is 17.4. The van der Waals surface area contributed by atoms with Gasteiger partial charge in [0.25, 0.3) is 10.0 Å². The number of hydrogen-bond acceptors (Lipinski definition) is 9. The average Bonchev–Trinajstić information content (AvgIpc) is 2.84. The van der Waals surface area contributed by atoms with Gasteiger partial charge in [-0.3, -0.25) is 9.71 Å². The first-order chi connectivity index (χ1) is 16.9. The van der Waals surface area contributed by atoms with Crippen molar-refractivity contribution >= 4 is 44.0 Å². The van der Waals surface area contributed by atoms with Gasteiger partial charge < -0.3 is 15.2 Å². The fourth-order valence-corrected chi connectivity index (χ4v) is 5.06. The zero-order chi connectivity index (χ0) is 24.4. The lowest BCUT2D eigenvalue weighted by molar-refractivity contribution is 0.0243. The number of nitrogens with zero attached hydrogens (tertiary/aromatic N) is 4. The van der Waals surface area contributed by atoms with Gasteiger partial charge in [0.15, 0.2) is 5.52 Å². The number of ether oxygens (including phenoxy) is 2. The maximum Gasteiger partial charge on any atom is 0.263 e. The van der Waals surface area contributed by atoms with Crippen LogP contribution in [0, 0.1) is 0 Å². The zero-order valence-corrected chi connectivity index (χ0v) is 20.0. The van der Waals surface area contributed by atoms with E-state index in [-0.39, 0.29) is 22.4 Å². The highest BCUT2D eigenvalue weighted by atomic mass is 35.5. The predicted octanol–water partition coefficient (Wildman–Crippen LogP) is 3.68. The molecule has 1 aliphatic rings. The molecule has 10 nitrogen and oxygen atoms in total. The lowest BCUT2D eigenvalue weighted by Gasteiger charge is -2.22. The Hall–Kier alpha value is -3.54. The first-order valence-electron chi connectivity index (χ1n) is 10.8. The van der Waals surface area contributed by atoms with Gasteiger partial charge in [0, 0.05) is 29.6 Å². The molecule has 3 N–H and O–H groups in total. The molecule has 0 unspecified atom stereocenters. The Morgan fingerprint density at radius 1 is 1.09 bits per heavy atom. The van der Waals surface area contributed by atoms with Crippen LogP contribution in [0.5, 0.6) is 5.88 Å². The van der Waals surface area contributed by atoms with Crippen LogP contribution in [0.25, 0.3) is 22.3 Å². The van der Waals surface area contributed by atoms with Gasteiger partial charge in [0.2, 0.25) is 5.88 Å². The van der Waals surface area contributed by atoms with Gasteiger partial charge in [-0.15, -0.1) is 0 Å². The number of anilines is 2. The second-order valence-electron chi connectivity index (χ2n) is 7.92. The second kappa shape index (κ2) is 9.61. The standard InChI is InChI=1S/C23H21ClN6O4S/c24-15-1-4-21(18(25)10-15)35(31,32)30-16-9-14(11-26-12-16)19-2-3-20-22(29-19)23(28-13-27-20)34-17-5-7-33-8-6-17/h1-4,9-13,17,30H,5-8,25H2. The molecule has 1 saturated heterocycles. The van der Waals surface area contributed by atoms with E-state index in [4.69, 9.17) is 31.8 Å². The molecular formula is C23H21ClN6O4S. The highest BCUT2D eigenvalue weighted by Crippen LogP contribution is 2.29. The fraction of sp³-hybridized carbons (Fsp3) is 0.217. The molecule has 35 heavy (non-hydrogen) atoms. The molecule has 0 bridgehead atoms. The monoisotopic (exact) mass is 512 g/mol. The van der Waals surface area contributed by atoms with Crippen molar-refractivity contribution in [2.24, 2.45) is 0 Å². The Labute approximate surface area is 206 Å². The third kappa shape index (κ3) is 5.11. The molecule has 0 radical (unpaired) electrons. The van der Waals surface area contributed by atoms with Gasteiger partial charge in [-0.1, -0.05) is 11.6 Å². The third-order valence-electron chi connectivity index (χ3n) is 5.44. The quantitative estimate of drug-likeness (QED) is 0.370. The molecule has 180 valence electrons. The Morgan fingerprint density at radius 3 is 2.71 bits per heavy atom. The van der Waals surface area contributed by atoms with Crippen molar-refractivity contribution < 1.29 is 17.9 Å². The topological polar surface area (TPSA) is 142 Å². The largest absolute Gasteiger partial charge is 0.473 e. The summed E-state index contributed by atoms with van der Waals surface area (Å²) >= 11 is 5.89.